The van der Waals surface area contributed by atoms with E-state index in [0.717, 1.165) is 6.26 Å². The number of aromatic nitrogens is 1. The van der Waals surface area contributed by atoms with Gasteiger partial charge < -0.3 is 10.3 Å². The average molecular weight is 317 g/mol. The molecule has 2 aromatic rings. The Balaban J connectivity index is 2.82. The molecule has 0 aliphatic carbocycles. The van der Waals surface area contributed by atoms with Gasteiger partial charge in [-0.2, -0.15) is 0 Å². The molecule has 0 saturated heterocycles. The van der Waals surface area contributed by atoms with Crippen molar-refractivity contribution < 1.29 is 12.9 Å². The third-order valence-corrected chi connectivity index (χ3v) is 4.04. The molecule has 0 radical (unpaired) electrons. The van der Waals surface area contributed by atoms with Gasteiger partial charge in [0.2, 0.25) is 5.88 Å². The molecule has 0 aliphatic heterocycles. The summed E-state index contributed by atoms with van der Waals surface area (Å²) in [6, 6.07) is 4.89. The Morgan fingerprint density at radius 1 is 1.41 bits per heavy atom. The lowest BCUT2D eigenvalue weighted by Gasteiger charge is -2.08. The fourth-order valence-electron chi connectivity index (χ4n) is 1.51. The normalized spacial score (nSPS) is 11.6. The first-order valence-corrected chi connectivity index (χ1v) is 7.29. The Labute approximate surface area is 107 Å². The summed E-state index contributed by atoms with van der Waals surface area (Å²) >= 11 is 3.31. The Hall–Kier alpha value is -1.34. The van der Waals surface area contributed by atoms with Gasteiger partial charge in [-0.25, -0.2) is 8.42 Å². The number of rotatable bonds is 2. The minimum absolute atomic E-state index is 0.0850. The standard InChI is InChI=1S/C10H9BrN2O3S/c1-17(14,15)8-4-2-3-7(11)9(8)6-5-13-16-10(6)12/h2-5H,12H2,1H3. The van der Waals surface area contributed by atoms with Crippen molar-refractivity contribution in [3.05, 3.63) is 28.9 Å². The quantitative estimate of drug-likeness (QED) is 0.916. The zero-order valence-electron chi connectivity index (χ0n) is 8.84. The van der Waals surface area contributed by atoms with E-state index in [1.54, 1.807) is 12.1 Å². The molecule has 0 atom stereocenters. The highest BCUT2D eigenvalue weighted by atomic mass is 79.9. The van der Waals surface area contributed by atoms with Crippen LogP contribution in [0.1, 0.15) is 0 Å². The van der Waals surface area contributed by atoms with Gasteiger partial charge >= 0.3 is 0 Å². The second kappa shape index (κ2) is 4.15. The Bertz CT molecular complexity index is 664. The molecule has 5 nitrogen and oxygen atoms in total. The number of nitrogens with zero attached hydrogens (tertiary/aromatic N) is 1. The highest BCUT2D eigenvalue weighted by Gasteiger charge is 2.20. The van der Waals surface area contributed by atoms with E-state index < -0.39 is 9.84 Å². The lowest BCUT2D eigenvalue weighted by atomic mass is 10.1. The molecule has 0 aliphatic rings. The maximum atomic E-state index is 11.7. The van der Waals surface area contributed by atoms with Crippen LogP contribution in [0.15, 0.2) is 38.3 Å². The highest BCUT2D eigenvalue weighted by Crippen LogP contribution is 2.37. The molecule has 2 rings (SSSR count). The number of nitrogens with two attached hydrogens (primary N) is 1. The van der Waals surface area contributed by atoms with Crippen LogP contribution in [-0.2, 0) is 9.84 Å². The predicted octanol–water partition coefficient (Wildman–Crippen LogP) is 2.09. The fourth-order valence-corrected chi connectivity index (χ4v) is 3.14. The number of anilines is 1. The van der Waals surface area contributed by atoms with E-state index >= 15 is 0 Å². The van der Waals surface area contributed by atoms with E-state index in [9.17, 15) is 8.42 Å². The van der Waals surface area contributed by atoms with Crippen LogP contribution in [0.5, 0.6) is 0 Å². The van der Waals surface area contributed by atoms with Crippen LogP contribution in [0.4, 0.5) is 5.88 Å². The second-order valence-corrected chi connectivity index (χ2v) is 6.33. The number of nitrogen functional groups attached to an aromatic ring is 1. The summed E-state index contributed by atoms with van der Waals surface area (Å²) in [6.45, 7) is 0. The van der Waals surface area contributed by atoms with Crippen LogP contribution in [-0.4, -0.2) is 19.8 Å². The third-order valence-electron chi connectivity index (χ3n) is 2.24. The van der Waals surface area contributed by atoms with Gasteiger partial charge in [-0.15, -0.1) is 0 Å². The van der Waals surface area contributed by atoms with Crippen molar-refractivity contribution in [1.82, 2.24) is 5.16 Å². The van der Waals surface area contributed by atoms with Crippen molar-refractivity contribution in [2.45, 2.75) is 4.90 Å². The molecular weight excluding hydrogens is 308 g/mol. The maximum Gasteiger partial charge on any atom is 0.230 e. The smallest absolute Gasteiger partial charge is 0.230 e. The average Bonchev–Trinajstić information content (AvgIpc) is 2.62. The molecule has 1 heterocycles. The summed E-state index contributed by atoms with van der Waals surface area (Å²) in [5.74, 6) is 0.0850. The number of hydrogen-bond acceptors (Lipinski definition) is 5. The molecule has 7 heteroatoms. The monoisotopic (exact) mass is 316 g/mol. The number of benzene rings is 1. The lowest BCUT2D eigenvalue weighted by Crippen LogP contribution is -2.01. The summed E-state index contributed by atoms with van der Waals surface area (Å²) in [7, 11) is -3.35. The molecule has 90 valence electrons. The van der Waals surface area contributed by atoms with Gasteiger partial charge in [0.05, 0.1) is 16.7 Å². The summed E-state index contributed by atoms with van der Waals surface area (Å²) in [6.07, 6.45) is 2.53. The van der Waals surface area contributed by atoms with Crippen LogP contribution in [0.3, 0.4) is 0 Å². The molecule has 0 fully saturated rings. The number of sulfone groups is 1. The fraction of sp³-hybridized carbons (Fsp3) is 0.100. The summed E-state index contributed by atoms with van der Waals surface area (Å²) in [4.78, 5) is 0.182. The first-order chi connectivity index (χ1) is 7.91. The number of halogens is 1. The first kappa shape index (κ1) is 12.1. The van der Waals surface area contributed by atoms with E-state index in [2.05, 4.69) is 21.1 Å². The number of hydrogen-bond donors (Lipinski definition) is 1. The van der Waals surface area contributed by atoms with E-state index in [1.165, 1.54) is 12.3 Å². The third kappa shape index (κ3) is 2.20. The molecule has 0 saturated carbocycles. The van der Waals surface area contributed by atoms with Gasteiger partial charge in [0.15, 0.2) is 9.84 Å². The van der Waals surface area contributed by atoms with Crippen LogP contribution >= 0.6 is 15.9 Å². The molecule has 1 aromatic carbocycles. The summed E-state index contributed by atoms with van der Waals surface area (Å²) in [5, 5.41) is 3.55. The van der Waals surface area contributed by atoms with Gasteiger partial charge in [0.1, 0.15) is 0 Å². The molecule has 0 unspecified atom stereocenters. The summed E-state index contributed by atoms with van der Waals surface area (Å²) in [5.41, 5.74) is 6.53. The first-order valence-electron chi connectivity index (χ1n) is 4.60. The molecule has 17 heavy (non-hydrogen) atoms. The van der Waals surface area contributed by atoms with E-state index in [0.29, 0.717) is 15.6 Å². The van der Waals surface area contributed by atoms with Crippen LogP contribution in [0.2, 0.25) is 0 Å². The second-order valence-electron chi connectivity index (χ2n) is 3.49. The van der Waals surface area contributed by atoms with Crippen molar-refractivity contribution >= 4 is 31.7 Å². The molecule has 0 bridgehead atoms. The Morgan fingerprint density at radius 2 is 2.12 bits per heavy atom. The Kier molecular flexibility index (Phi) is 2.96. The lowest BCUT2D eigenvalue weighted by molar-refractivity contribution is 0.436. The van der Waals surface area contributed by atoms with Gasteiger partial charge in [-0.1, -0.05) is 27.2 Å². The van der Waals surface area contributed by atoms with Crippen molar-refractivity contribution in [2.24, 2.45) is 0 Å². The van der Waals surface area contributed by atoms with Crippen LogP contribution in [0.25, 0.3) is 11.1 Å². The van der Waals surface area contributed by atoms with Gasteiger partial charge in [-0.3, -0.25) is 0 Å². The van der Waals surface area contributed by atoms with Gasteiger partial charge in [0, 0.05) is 16.3 Å². The minimum atomic E-state index is -3.35. The SMILES string of the molecule is CS(=O)(=O)c1cccc(Br)c1-c1cnoc1N. The van der Waals surface area contributed by atoms with Crippen LogP contribution in [0, 0.1) is 0 Å². The molecule has 0 spiro atoms. The zero-order chi connectivity index (χ0) is 12.6. The van der Waals surface area contributed by atoms with E-state index in [4.69, 9.17) is 10.3 Å². The molecular formula is C10H9BrN2O3S. The van der Waals surface area contributed by atoms with E-state index in [1.807, 2.05) is 0 Å². The van der Waals surface area contributed by atoms with Crippen molar-refractivity contribution in [2.75, 3.05) is 12.0 Å². The predicted molar refractivity (Wildman–Crippen MR) is 67.2 cm³/mol. The largest absolute Gasteiger partial charge is 0.367 e. The summed E-state index contributed by atoms with van der Waals surface area (Å²) < 4.78 is 28.8. The van der Waals surface area contributed by atoms with Gasteiger partial charge in [-0.05, 0) is 12.1 Å². The van der Waals surface area contributed by atoms with Crippen molar-refractivity contribution in [1.29, 1.82) is 0 Å². The van der Waals surface area contributed by atoms with Crippen molar-refractivity contribution in [3.8, 4) is 11.1 Å². The zero-order valence-corrected chi connectivity index (χ0v) is 11.2. The minimum Gasteiger partial charge on any atom is -0.367 e. The molecule has 2 N–H and O–H groups in total. The highest BCUT2D eigenvalue weighted by molar-refractivity contribution is 9.10. The van der Waals surface area contributed by atoms with Gasteiger partial charge in [0.25, 0.3) is 0 Å². The Morgan fingerprint density at radius 3 is 2.65 bits per heavy atom. The maximum absolute atomic E-state index is 11.7. The van der Waals surface area contributed by atoms with Crippen LogP contribution < -0.4 is 5.73 Å². The molecule has 0 amide bonds. The molecule has 1 aromatic heterocycles. The van der Waals surface area contributed by atoms with Crippen molar-refractivity contribution in [3.63, 3.8) is 0 Å². The topological polar surface area (TPSA) is 86.2 Å². The van der Waals surface area contributed by atoms with E-state index in [-0.39, 0.29) is 10.8 Å².